The molecule has 1 amide bonds. The zero-order chi connectivity index (χ0) is 13.8. The van der Waals surface area contributed by atoms with Gasteiger partial charge in [0.15, 0.2) is 0 Å². The van der Waals surface area contributed by atoms with Crippen LogP contribution in [-0.4, -0.2) is 10.9 Å². The van der Waals surface area contributed by atoms with Crippen molar-refractivity contribution in [3.63, 3.8) is 0 Å². The number of aromatic nitrogens is 1. The van der Waals surface area contributed by atoms with Crippen LogP contribution in [0.3, 0.4) is 0 Å². The first kappa shape index (κ1) is 13.4. The Kier molecular flexibility index (Phi) is 4.02. The van der Waals surface area contributed by atoms with Gasteiger partial charge in [0, 0.05) is 17.6 Å². The number of nitrogens with one attached hydrogen (secondary N) is 2. The summed E-state index contributed by atoms with van der Waals surface area (Å²) < 4.78 is 0. The molecule has 0 bridgehead atoms. The second-order valence-corrected chi connectivity index (χ2v) is 4.56. The van der Waals surface area contributed by atoms with Crippen molar-refractivity contribution in [1.82, 2.24) is 4.98 Å². The number of halogens is 1. The maximum atomic E-state index is 10.9. The van der Waals surface area contributed by atoms with Crippen molar-refractivity contribution in [2.45, 2.75) is 13.8 Å². The minimum Gasteiger partial charge on any atom is -0.354 e. The third-order valence-corrected chi connectivity index (χ3v) is 3.02. The van der Waals surface area contributed by atoms with Crippen LogP contribution < -0.4 is 10.6 Å². The molecule has 2 rings (SSSR count). The summed E-state index contributed by atoms with van der Waals surface area (Å²) in [5.41, 5.74) is 2.75. The van der Waals surface area contributed by atoms with E-state index in [1.54, 1.807) is 12.3 Å². The maximum Gasteiger partial charge on any atom is 0.222 e. The Bertz CT molecular complexity index is 596. The van der Waals surface area contributed by atoms with Gasteiger partial charge in [-0.2, -0.15) is 0 Å². The number of anilines is 3. The lowest BCUT2D eigenvalue weighted by Gasteiger charge is -2.10. The molecule has 1 aromatic carbocycles. The van der Waals surface area contributed by atoms with Crippen LogP contribution in [-0.2, 0) is 4.79 Å². The molecule has 0 atom stereocenters. The summed E-state index contributed by atoms with van der Waals surface area (Å²) in [7, 11) is 0. The molecule has 0 aliphatic heterocycles. The van der Waals surface area contributed by atoms with Gasteiger partial charge in [-0.15, -0.1) is 0 Å². The van der Waals surface area contributed by atoms with E-state index in [1.807, 2.05) is 31.2 Å². The topological polar surface area (TPSA) is 54.0 Å². The number of benzene rings is 1. The van der Waals surface area contributed by atoms with Crippen molar-refractivity contribution in [3.8, 4) is 0 Å². The fourth-order valence-electron chi connectivity index (χ4n) is 1.62. The van der Waals surface area contributed by atoms with Crippen molar-refractivity contribution < 1.29 is 4.79 Å². The normalized spacial score (nSPS) is 10.1. The van der Waals surface area contributed by atoms with E-state index in [2.05, 4.69) is 15.6 Å². The van der Waals surface area contributed by atoms with Gasteiger partial charge in [0.2, 0.25) is 5.91 Å². The number of hydrogen-bond acceptors (Lipinski definition) is 3. The monoisotopic (exact) mass is 275 g/mol. The van der Waals surface area contributed by atoms with Gasteiger partial charge >= 0.3 is 0 Å². The number of hydrogen-bond donors (Lipinski definition) is 2. The quantitative estimate of drug-likeness (QED) is 0.897. The fourth-order valence-corrected chi connectivity index (χ4v) is 1.80. The van der Waals surface area contributed by atoms with E-state index in [0.29, 0.717) is 10.8 Å². The molecule has 0 aliphatic carbocycles. The molecule has 0 aliphatic rings. The highest BCUT2D eigenvalue weighted by Gasteiger charge is 2.03. The summed E-state index contributed by atoms with van der Waals surface area (Å²) in [5.74, 6) is 0.389. The number of rotatable bonds is 3. The van der Waals surface area contributed by atoms with E-state index >= 15 is 0 Å². The summed E-state index contributed by atoms with van der Waals surface area (Å²) in [4.78, 5) is 15.0. The highest BCUT2D eigenvalue weighted by Crippen LogP contribution is 2.26. The van der Waals surface area contributed by atoms with Gasteiger partial charge in [-0.05, 0) is 36.8 Å². The molecule has 2 aromatic rings. The standard InChI is InChI=1S/C14H14ClN3O/c1-9-12(15)4-3-5-13(9)18-11-6-7-14(16-8-11)17-10(2)19/h3-8,18H,1-2H3,(H,16,17,19). The molecule has 4 nitrogen and oxygen atoms in total. The van der Waals surface area contributed by atoms with Crippen LogP contribution in [0.15, 0.2) is 36.5 Å². The highest BCUT2D eigenvalue weighted by atomic mass is 35.5. The molecule has 0 radical (unpaired) electrons. The number of carbonyl (C=O) groups is 1. The summed E-state index contributed by atoms with van der Waals surface area (Å²) in [5, 5.41) is 6.57. The number of pyridine rings is 1. The van der Waals surface area contributed by atoms with Gasteiger partial charge in [0.25, 0.3) is 0 Å². The first-order valence-corrected chi connectivity index (χ1v) is 6.20. The maximum absolute atomic E-state index is 10.9. The third kappa shape index (κ3) is 3.45. The van der Waals surface area contributed by atoms with Gasteiger partial charge in [-0.1, -0.05) is 17.7 Å². The van der Waals surface area contributed by atoms with Crippen molar-refractivity contribution in [2.75, 3.05) is 10.6 Å². The molecule has 98 valence electrons. The van der Waals surface area contributed by atoms with Gasteiger partial charge in [-0.25, -0.2) is 4.98 Å². The van der Waals surface area contributed by atoms with Crippen LogP contribution in [0.1, 0.15) is 12.5 Å². The van der Waals surface area contributed by atoms with Crippen LogP contribution in [0, 0.1) is 6.92 Å². The molecule has 1 aromatic heterocycles. The molecule has 0 spiro atoms. The molecule has 0 fully saturated rings. The number of amides is 1. The molecular weight excluding hydrogens is 262 g/mol. The van der Waals surface area contributed by atoms with Crippen molar-refractivity contribution in [3.05, 3.63) is 47.1 Å². The Morgan fingerprint density at radius 3 is 2.68 bits per heavy atom. The minimum absolute atomic E-state index is 0.140. The predicted octanol–water partition coefficient (Wildman–Crippen LogP) is 3.75. The van der Waals surface area contributed by atoms with Crippen LogP contribution in [0.25, 0.3) is 0 Å². The summed E-state index contributed by atoms with van der Waals surface area (Å²) in [6.07, 6.45) is 1.66. The second-order valence-electron chi connectivity index (χ2n) is 4.15. The van der Waals surface area contributed by atoms with Crippen molar-refractivity contribution >= 4 is 34.7 Å². The van der Waals surface area contributed by atoms with Crippen LogP contribution in [0.2, 0.25) is 5.02 Å². The molecule has 5 heteroatoms. The second kappa shape index (κ2) is 5.71. The van der Waals surface area contributed by atoms with Crippen LogP contribution >= 0.6 is 11.6 Å². The van der Waals surface area contributed by atoms with Gasteiger partial charge in [0.1, 0.15) is 5.82 Å². The molecule has 19 heavy (non-hydrogen) atoms. The largest absolute Gasteiger partial charge is 0.354 e. The molecule has 0 unspecified atom stereocenters. The number of carbonyl (C=O) groups excluding carboxylic acids is 1. The molecular formula is C14H14ClN3O. The molecule has 0 saturated carbocycles. The highest BCUT2D eigenvalue weighted by molar-refractivity contribution is 6.31. The van der Waals surface area contributed by atoms with Crippen molar-refractivity contribution in [2.24, 2.45) is 0 Å². The number of nitrogens with zero attached hydrogens (tertiary/aromatic N) is 1. The van der Waals surface area contributed by atoms with Gasteiger partial charge in [0.05, 0.1) is 11.9 Å². The minimum atomic E-state index is -0.140. The lowest BCUT2D eigenvalue weighted by Crippen LogP contribution is -2.07. The SMILES string of the molecule is CC(=O)Nc1ccc(Nc2cccc(Cl)c2C)cn1. The fraction of sp³-hybridized carbons (Fsp3) is 0.143. The summed E-state index contributed by atoms with van der Waals surface area (Å²) >= 11 is 6.06. The van der Waals surface area contributed by atoms with Crippen LogP contribution in [0.5, 0.6) is 0 Å². The van der Waals surface area contributed by atoms with E-state index < -0.39 is 0 Å². The van der Waals surface area contributed by atoms with Gasteiger partial charge < -0.3 is 10.6 Å². The van der Waals surface area contributed by atoms with E-state index in [9.17, 15) is 4.79 Å². The Labute approximate surface area is 116 Å². The van der Waals surface area contributed by atoms with Crippen molar-refractivity contribution in [1.29, 1.82) is 0 Å². The Balaban J connectivity index is 2.15. The lowest BCUT2D eigenvalue weighted by molar-refractivity contribution is -0.114. The average Bonchev–Trinajstić information content (AvgIpc) is 2.37. The predicted molar refractivity (Wildman–Crippen MR) is 78.0 cm³/mol. The average molecular weight is 276 g/mol. The third-order valence-electron chi connectivity index (χ3n) is 2.61. The first-order chi connectivity index (χ1) is 9.06. The molecule has 2 N–H and O–H groups in total. The first-order valence-electron chi connectivity index (χ1n) is 5.82. The zero-order valence-corrected chi connectivity index (χ0v) is 11.5. The Morgan fingerprint density at radius 2 is 2.05 bits per heavy atom. The lowest BCUT2D eigenvalue weighted by atomic mass is 10.2. The zero-order valence-electron chi connectivity index (χ0n) is 10.7. The molecule has 1 heterocycles. The van der Waals surface area contributed by atoms with Crippen LogP contribution in [0.4, 0.5) is 17.2 Å². The van der Waals surface area contributed by atoms with E-state index in [0.717, 1.165) is 16.9 Å². The van der Waals surface area contributed by atoms with Gasteiger partial charge in [-0.3, -0.25) is 4.79 Å². The smallest absolute Gasteiger partial charge is 0.222 e. The Morgan fingerprint density at radius 1 is 1.26 bits per heavy atom. The Hall–Kier alpha value is -2.07. The summed E-state index contributed by atoms with van der Waals surface area (Å²) in [6.45, 7) is 3.40. The van der Waals surface area contributed by atoms with E-state index in [4.69, 9.17) is 11.6 Å². The summed E-state index contributed by atoms with van der Waals surface area (Å²) in [6, 6.07) is 9.27. The molecule has 0 saturated heterocycles. The van der Waals surface area contributed by atoms with E-state index in [1.165, 1.54) is 6.92 Å². The van der Waals surface area contributed by atoms with E-state index in [-0.39, 0.29) is 5.91 Å².